The van der Waals surface area contributed by atoms with Gasteiger partial charge in [-0.15, -0.1) is 0 Å². The van der Waals surface area contributed by atoms with E-state index in [2.05, 4.69) is 0 Å². The third-order valence-corrected chi connectivity index (χ3v) is 4.60. The summed E-state index contributed by atoms with van der Waals surface area (Å²) in [5, 5.41) is 0. The minimum Gasteiger partial charge on any atom is -0.0774 e. The van der Waals surface area contributed by atoms with Gasteiger partial charge in [-0.25, -0.2) is 0 Å². The fourth-order valence-corrected chi connectivity index (χ4v) is 3.42. The van der Waals surface area contributed by atoms with Gasteiger partial charge in [-0.2, -0.15) is 0 Å². The molecule has 2 rings (SSSR count). The van der Waals surface area contributed by atoms with Gasteiger partial charge in [0.05, 0.1) is 7.85 Å². The van der Waals surface area contributed by atoms with Crippen LogP contribution in [0.5, 0.6) is 0 Å². The van der Waals surface area contributed by atoms with Crippen molar-refractivity contribution in [1.29, 1.82) is 0 Å². The number of hydrogen-bond acceptors (Lipinski definition) is 0. The summed E-state index contributed by atoms with van der Waals surface area (Å²) < 4.78 is 0. The molecule has 0 N–H and O–H groups in total. The zero-order valence-electron chi connectivity index (χ0n) is 10.1. The maximum Gasteiger partial charge on any atom is 0.0699 e. The molecule has 2 saturated carbocycles. The van der Waals surface area contributed by atoms with Crippen molar-refractivity contribution in [2.45, 2.75) is 76.4 Å². The first-order valence-corrected chi connectivity index (χ1v) is 7.10. The first-order chi connectivity index (χ1) is 7.34. The minimum absolute atomic E-state index is 0.524. The van der Waals surface area contributed by atoms with E-state index in [1.807, 2.05) is 0 Å². The van der Waals surface area contributed by atoms with E-state index in [1.54, 1.807) is 0 Å². The van der Waals surface area contributed by atoms with Crippen molar-refractivity contribution >= 4 is 7.85 Å². The molecule has 2 radical (unpaired) electrons. The van der Waals surface area contributed by atoms with Crippen LogP contribution in [0.3, 0.4) is 0 Å². The van der Waals surface area contributed by atoms with E-state index in [1.165, 1.54) is 70.6 Å². The summed E-state index contributed by atoms with van der Waals surface area (Å²) in [5.41, 5.74) is 0. The molecule has 15 heavy (non-hydrogen) atoms. The van der Waals surface area contributed by atoms with E-state index in [0.717, 1.165) is 11.8 Å². The molecule has 0 aromatic heterocycles. The lowest BCUT2D eigenvalue weighted by molar-refractivity contribution is 0.273. The van der Waals surface area contributed by atoms with Crippen molar-refractivity contribution < 1.29 is 0 Å². The van der Waals surface area contributed by atoms with E-state index in [0.29, 0.717) is 5.82 Å². The summed E-state index contributed by atoms with van der Waals surface area (Å²) in [4.78, 5) is 0. The van der Waals surface area contributed by atoms with Crippen LogP contribution in [0.15, 0.2) is 0 Å². The maximum absolute atomic E-state index is 5.94. The summed E-state index contributed by atoms with van der Waals surface area (Å²) in [7, 11) is 5.94. The van der Waals surface area contributed by atoms with Crippen molar-refractivity contribution in [1.82, 2.24) is 0 Å². The molecule has 0 amide bonds. The van der Waals surface area contributed by atoms with Gasteiger partial charge in [0, 0.05) is 0 Å². The standard InChI is InChI=1S/C14H25B/c15-14-10-8-13(9-11-14)7-6-12-4-2-1-3-5-12/h12-14H,1-11H2. The highest BCUT2D eigenvalue weighted by Gasteiger charge is 2.20. The summed E-state index contributed by atoms with van der Waals surface area (Å²) in [6, 6.07) is 0. The molecular weight excluding hydrogens is 179 g/mol. The Balaban J connectivity index is 1.60. The molecule has 0 nitrogen and oxygen atoms in total. The van der Waals surface area contributed by atoms with E-state index >= 15 is 0 Å². The normalized spacial score (nSPS) is 34.1. The van der Waals surface area contributed by atoms with Crippen LogP contribution >= 0.6 is 0 Å². The monoisotopic (exact) mass is 204 g/mol. The van der Waals surface area contributed by atoms with Crippen LogP contribution in [-0.2, 0) is 0 Å². The second-order valence-corrected chi connectivity index (χ2v) is 5.86. The predicted octanol–water partition coefficient (Wildman–Crippen LogP) is 4.49. The first kappa shape index (κ1) is 11.5. The smallest absolute Gasteiger partial charge is 0.0699 e. The molecule has 0 atom stereocenters. The molecule has 2 aliphatic carbocycles. The third kappa shape index (κ3) is 3.85. The van der Waals surface area contributed by atoms with E-state index in [4.69, 9.17) is 7.85 Å². The topological polar surface area (TPSA) is 0 Å². The second-order valence-electron chi connectivity index (χ2n) is 5.86. The zero-order valence-corrected chi connectivity index (χ0v) is 10.1. The zero-order chi connectivity index (χ0) is 10.5. The van der Waals surface area contributed by atoms with Gasteiger partial charge in [-0.3, -0.25) is 0 Å². The molecule has 84 valence electrons. The summed E-state index contributed by atoms with van der Waals surface area (Å²) in [6.07, 6.45) is 15.9. The molecule has 0 aromatic carbocycles. The largest absolute Gasteiger partial charge is 0.0774 e. The lowest BCUT2D eigenvalue weighted by atomic mass is 9.70. The Labute approximate surface area is 96.6 Å². The lowest BCUT2D eigenvalue weighted by Crippen LogP contribution is -2.13. The quantitative estimate of drug-likeness (QED) is 0.594. The third-order valence-electron chi connectivity index (χ3n) is 4.60. The molecule has 2 aliphatic rings. The average molecular weight is 204 g/mol. The molecule has 0 saturated heterocycles. The Kier molecular flexibility index (Phi) is 4.59. The van der Waals surface area contributed by atoms with Gasteiger partial charge in [0.2, 0.25) is 0 Å². The van der Waals surface area contributed by atoms with Gasteiger partial charge in [-0.05, 0) is 11.8 Å². The molecule has 0 heterocycles. The Morgan fingerprint density at radius 3 is 1.80 bits per heavy atom. The van der Waals surface area contributed by atoms with Crippen LogP contribution in [0.2, 0.25) is 5.82 Å². The predicted molar refractivity (Wildman–Crippen MR) is 67.3 cm³/mol. The van der Waals surface area contributed by atoms with Crippen LogP contribution in [0.25, 0.3) is 0 Å². The molecule has 0 unspecified atom stereocenters. The second kappa shape index (κ2) is 5.96. The van der Waals surface area contributed by atoms with Crippen LogP contribution in [0.1, 0.15) is 70.6 Å². The average Bonchev–Trinajstić information content (AvgIpc) is 2.30. The van der Waals surface area contributed by atoms with Crippen molar-refractivity contribution in [3.8, 4) is 0 Å². The number of rotatable bonds is 3. The highest BCUT2D eigenvalue weighted by atomic mass is 14.2. The van der Waals surface area contributed by atoms with Gasteiger partial charge in [0.25, 0.3) is 0 Å². The molecule has 1 heteroatoms. The Hall–Kier alpha value is 0.0649. The minimum atomic E-state index is 0.524. The molecule has 0 aliphatic heterocycles. The Bertz CT molecular complexity index is 164. The Morgan fingerprint density at radius 1 is 0.667 bits per heavy atom. The molecular formula is C14H25B. The van der Waals surface area contributed by atoms with Crippen LogP contribution < -0.4 is 0 Å². The summed E-state index contributed by atoms with van der Waals surface area (Å²) in [6.45, 7) is 0. The molecule has 0 bridgehead atoms. The van der Waals surface area contributed by atoms with Gasteiger partial charge in [0.15, 0.2) is 0 Å². The van der Waals surface area contributed by atoms with E-state index in [-0.39, 0.29) is 0 Å². The fraction of sp³-hybridized carbons (Fsp3) is 1.00. The van der Waals surface area contributed by atoms with Crippen molar-refractivity contribution in [3.63, 3.8) is 0 Å². The highest BCUT2D eigenvalue weighted by Crippen LogP contribution is 2.35. The van der Waals surface area contributed by atoms with Crippen LogP contribution in [0, 0.1) is 11.8 Å². The Morgan fingerprint density at radius 2 is 1.20 bits per heavy atom. The SMILES string of the molecule is [B]C1CCC(CCC2CCCCC2)CC1. The summed E-state index contributed by atoms with van der Waals surface area (Å²) >= 11 is 0. The van der Waals surface area contributed by atoms with Gasteiger partial charge in [-0.1, -0.05) is 76.4 Å². The lowest BCUT2D eigenvalue weighted by Gasteiger charge is -2.28. The summed E-state index contributed by atoms with van der Waals surface area (Å²) in [5.74, 6) is 2.62. The van der Waals surface area contributed by atoms with Crippen LogP contribution in [0.4, 0.5) is 0 Å². The molecule has 2 fully saturated rings. The first-order valence-electron chi connectivity index (χ1n) is 7.10. The maximum atomic E-state index is 5.94. The fourth-order valence-electron chi connectivity index (χ4n) is 3.42. The van der Waals surface area contributed by atoms with Gasteiger partial charge in [0.1, 0.15) is 0 Å². The van der Waals surface area contributed by atoms with E-state index < -0.39 is 0 Å². The van der Waals surface area contributed by atoms with Crippen molar-refractivity contribution in [2.24, 2.45) is 11.8 Å². The van der Waals surface area contributed by atoms with Crippen molar-refractivity contribution in [3.05, 3.63) is 0 Å². The highest BCUT2D eigenvalue weighted by molar-refractivity contribution is 6.11. The van der Waals surface area contributed by atoms with Crippen LogP contribution in [-0.4, -0.2) is 7.85 Å². The molecule has 0 aromatic rings. The molecule has 0 spiro atoms. The van der Waals surface area contributed by atoms with E-state index in [9.17, 15) is 0 Å². The number of hydrogen-bond donors (Lipinski definition) is 0. The van der Waals surface area contributed by atoms with Crippen molar-refractivity contribution in [2.75, 3.05) is 0 Å². The van der Waals surface area contributed by atoms with Gasteiger partial charge < -0.3 is 0 Å². The van der Waals surface area contributed by atoms with Gasteiger partial charge >= 0.3 is 0 Å².